The van der Waals surface area contributed by atoms with E-state index in [1.54, 1.807) is 6.08 Å². The Bertz CT molecular complexity index is 205. The van der Waals surface area contributed by atoms with Crippen molar-refractivity contribution < 1.29 is 14.2 Å². The van der Waals surface area contributed by atoms with Gasteiger partial charge < -0.3 is 14.2 Å². The van der Waals surface area contributed by atoms with Gasteiger partial charge in [-0.15, -0.1) is 6.58 Å². The highest BCUT2D eigenvalue weighted by Crippen LogP contribution is 2.28. The summed E-state index contributed by atoms with van der Waals surface area (Å²) in [5.41, 5.74) is 0.0957. The van der Waals surface area contributed by atoms with E-state index in [4.69, 9.17) is 14.2 Å². The van der Waals surface area contributed by atoms with E-state index in [2.05, 4.69) is 22.5 Å². The van der Waals surface area contributed by atoms with Crippen molar-refractivity contribution >= 4 is 15.9 Å². The van der Waals surface area contributed by atoms with Crippen LogP contribution in [0.25, 0.3) is 0 Å². The van der Waals surface area contributed by atoms with Gasteiger partial charge in [0.05, 0.1) is 38.4 Å². The van der Waals surface area contributed by atoms with E-state index in [1.165, 1.54) is 12.8 Å². The molecule has 1 rings (SSSR count). The molecule has 0 aromatic carbocycles. The SMILES string of the molecule is C=CCOCC1(COCCCCCBr)COC1. The summed E-state index contributed by atoms with van der Waals surface area (Å²) >= 11 is 3.42. The van der Waals surface area contributed by atoms with E-state index < -0.39 is 0 Å². The molecule has 0 spiro atoms. The van der Waals surface area contributed by atoms with Crippen LogP contribution in [0.15, 0.2) is 12.7 Å². The van der Waals surface area contributed by atoms with Crippen LogP contribution in [0.1, 0.15) is 19.3 Å². The Balaban J connectivity index is 2.03. The van der Waals surface area contributed by atoms with Crippen LogP contribution < -0.4 is 0 Å². The second-order valence-corrected chi connectivity index (χ2v) is 5.39. The van der Waals surface area contributed by atoms with Crippen molar-refractivity contribution in [1.29, 1.82) is 0 Å². The van der Waals surface area contributed by atoms with Gasteiger partial charge in [-0.1, -0.05) is 28.4 Å². The third kappa shape index (κ3) is 6.00. The maximum absolute atomic E-state index is 5.72. The van der Waals surface area contributed by atoms with Crippen LogP contribution in [0.4, 0.5) is 0 Å². The number of alkyl halides is 1. The number of unbranched alkanes of at least 4 members (excludes halogenated alkanes) is 2. The highest BCUT2D eigenvalue weighted by atomic mass is 79.9. The summed E-state index contributed by atoms with van der Waals surface area (Å²) in [5.74, 6) is 0. The smallest absolute Gasteiger partial charge is 0.0645 e. The molecule has 1 aliphatic rings. The molecule has 0 aromatic rings. The molecule has 0 saturated carbocycles. The van der Waals surface area contributed by atoms with E-state index in [0.29, 0.717) is 13.2 Å². The Morgan fingerprint density at radius 3 is 2.53 bits per heavy atom. The van der Waals surface area contributed by atoms with Crippen LogP contribution in [-0.4, -0.2) is 45.0 Å². The number of hydrogen-bond acceptors (Lipinski definition) is 3. The zero-order valence-corrected chi connectivity index (χ0v) is 12.0. The second-order valence-electron chi connectivity index (χ2n) is 4.60. The molecule has 0 radical (unpaired) electrons. The summed E-state index contributed by atoms with van der Waals surface area (Å²) in [6.07, 6.45) is 5.35. The van der Waals surface area contributed by atoms with Gasteiger partial charge in [-0.2, -0.15) is 0 Å². The summed E-state index contributed by atoms with van der Waals surface area (Å²) in [5, 5.41) is 1.08. The zero-order valence-electron chi connectivity index (χ0n) is 10.5. The second kappa shape index (κ2) is 9.09. The maximum Gasteiger partial charge on any atom is 0.0645 e. The molecular formula is C13H23BrO3. The first kappa shape index (κ1) is 15.2. The Morgan fingerprint density at radius 1 is 1.18 bits per heavy atom. The standard InChI is InChI=1S/C13H23BrO3/c1-2-7-15-9-13(11-17-12-13)10-16-8-5-3-4-6-14/h2H,1,3-12H2. The molecule has 0 aromatic heterocycles. The summed E-state index contributed by atoms with van der Waals surface area (Å²) in [7, 11) is 0. The largest absolute Gasteiger partial charge is 0.381 e. The third-order valence-corrected chi connectivity index (χ3v) is 3.35. The normalized spacial score (nSPS) is 17.7. The summed E-state index contributed by atoms with van der Waals surface area (Å²) in [6.45, 7) is 8.05. The first-order valence-corrected chi connectivity index (χ1v) is 7.35. The van der Waals surface area contributed by atoms with Gasteiger partial charge in [-0.25, -0.2) is 0 Å². The van der Waals surface area contributed by atoms with Gasteiger partial charge in [0, 0.05) is 11.9 Å². The molecule has 0 unspecified atom stereocenters. The average Bonchev–Trinajstić information content (AvgIpc) is 2.29. The lowest BCUT2D eigenvalue weighted by atomic mass is 9.88. The van der Waals surface area contributed by atoms with Crippen molar-refractivity contribution in [2.45, 2.75) is 19.3 Å². The van der Waals surface area contributed by atoms with E-state index in [9.17, 15) is 0 Å². The van der Waals surface area contributed by atoms with Gasteiger partial charge in [-0.3, -0.25) is 0 Å². The highest BCUT2D eigenvalue weighted by molar-refractivity contribution is 9.09. The van der Waals surface area contributed by atoms with Crippen molar-refractivity contribution in [3.63, 3.8) is 0 Å². The van der Waals surface area contributed by atoms with Crippen LogP contribution in [0.2, 0.25) is 0 Å². The number of halogens is 1. The number of rotatable bonds is 11. The molecule has 3 nitrogen and oxygen atoms in total. The van der Waals surface area contributed by atoms with Crippen LogP contribution in [0.5, 0.6) is 0 Å². The molecule has 1 fully saturated rings. The average molecular weight is 307 g/mol. The fourth-order valence-electron chi connectivity index (χ4n) is 1.72. The molecule has 0 aliphatic carbocycles. The summed E-state index contributed by atoms with van der Waals surface area (Å²) in [6, 6.07) is 0. The molecule has 17 heavy (non-hydrogen) atoms. The number of hydrogen-bond donors (Lipinski definition) is 0. The fourth-order valence-corrected chi connectivity index (χ4v) is 2.12. The number of ether oxygens (including phenoxy) is 3. The summed E-state index contributed by atoms with van der Waals surface area (Å²) < 4.78 is 16.5. The summed E-state index contributed by atoms with van der Waals surface area (Å²) in [4.78, 5) is 0. The lowest BCUT2D eigenvalue weighted by Crippen LogP contribution is -2.49. The first-order chi connectivity index (χ1) is 8.33. The molecule has 100 valence electrons. The quantitative estimate of drug-likeness (QED) is 0.334. The van der Waals surface area contributed by atoms with E-state index in [0.717, 1.165) is 38.2 Å². The maximum atomic E-state index is 5.72. The van der Waals surface area contributed by atoms with E-state index in [-0.39, 0.29) is 5.41 Å². The van der Waals surface area contributed by atoms with Crippen molar-refractivity contribution in [1.82, 2.24) is 0 Å². The molecule has 1 aliphatic heterocycles. The van der Waals surface area contributed by atoms with Gasteiger partial charge in [-0.05, 0) is 12.8 Å². The molecule has 0 amide bonds. The van der Waals surface area contributed by atoms with Gasteiger partial charge in [0.2, 0.25) is 0 Å². The van der Waals surface area contributed by atoms with Crippen LogP contribution >= 0.6 is 15.9 Å². The first-order valence-electron chi connectivity index (χ1n) is 6.23. The minimum Gasteiger partial charge on any atom is -0.381 e. The van der Waals surface area contributed by atoms with Gasteiger partial charge >= 0.3 is 0 Å². The minimum atomic E-state index is 0.0957. The Labute approximate surface area is 113 Å². The van der Waals surface area contributed by atoms with Crippen molar-refractivity contribution in [3.8, 4) is 0 Å². The minimum absolute atomic E-state index is 0.0957. The molecule has 0 N–H and O–H groups in total. The Hall–Kier alpha value is 0.100. The molecule has 4 heteroatoms. The molecule has 0 bridgehead atoms. The predicted octanol–water partition coefficient (Wildman–Crippen LogP) is 2.79. The molecule has 1 heterocycles. The fraction of sp³-hybridized carbons (Fsp3) is 0.846. The van der Waals surface area contributed by atoms with Crippen LogP contribution in [0.3, 0.4) is 0 Å². The van der Waals surface area contributed by atoms with Crippen LogP contribution in [0, 0.1) is 5.41 Å². The Morgan fingerprint density at radius 2 is 1.94 bits per heavy atom. The predicted molar refractivity (Wildman–Crippen MR) is 72.7 cm³/mol. The van der Waals surface area contributed by atoms with Crippen molar-refractivity contribution in [2.24, 2.45) is 5.41 Å². The zero-order chi connectivity index (χ0) is 12.4. The van der Waals surface area contributed by atoms with Gasteiger partial charge in [0.15, 0.2) is 0 Å². The highest BCUT2D eigenvalue weighted by Gasteiger charge is 2.39. The topological polar surface area (TPSA) is 27.7 Å². The molecule has 1 saturated heterocycles. The van der Waals surface area contributed by atoms with Crippen molar-refractivity contribution in [3.05, 3.63) is 12.7 Å². The van der Waals surface area contributed by atoms with E-state index in [1.807, 2.05) is 0 Å². The molecule has 0 atom stereocenters. The Kier molecular flexibility index (Phi) is 8.10. The van der Waals surface area contributed by atoms with Gasteiger partial charge in [0.25, 0.3) is 0 Å². The monoisotopic (exact) mass is 306 g/mol. The lowest BCUT2D eigenvalue weighted by molar-refractivity contribution is -0.176. The van der Waals surface area contributed by atoms with E-state index >= 15 is 0 Å². The van der Waals surface area contributed by atoms with Crippen LogP contribution in [-0.2, 0) is 14.2 Å². The molecular weight excluding hydrogens is 284 g/mol. The lowest BCUT2D eigenvalue weighted by Gasteiger charge is -2.40. The van der Waals surface area contributed by atoms with Gasteiger partial charge in [0.1, 0.15) is 0 Å². The van der Waals surface area contributed by atoms with Crippen molar-refractivity contribution in [2.75, 3.05) is 45.0 Å². The third-order valence-electron chi connectivity index (χ3n) is 2.79.